The summed E-state index contributed by atoms with van der Waals surface area (Å²) in [5, 5.41) is 0. The summed E-state index contributed by atoms with van der Waals surface area (Å²) in [4.78, 5) is 16.5. The van der Waals surface area contributed by atoms with Crippen LogP contribution in [0.1, 0.15) is 12.5 Å². The van der Waals surface area contributed by atoms with Crippen LogP contribution in [0.4, 0.5) is 0 Å². The van der Waals surface area contributed by atoms with E-state index >= 15 is 0 Å². The summed E-state index contributed by atoms with van der Waals surface area (Å²) in [5.74, 6) is 1.14. The number of hydrogen-bond donors (Lipinski definition) is 0. The van der Waals surface area contributed by atoms with Crippen LogP contribution in [0.5, 0.6) is 5.75 Å². The zero-order chi connectivity index (χ0) is 16.2. The maximum atomic E-state index is 12.3. The Bertz CT molecular complexity index is 549. The molecule has 0 saturated carbocycles. The van der Waals surface area contributed by atoms with Gasteiger partial charge in [-0.25, -0.2) is 0 Å². The molecule has 2 fully saturated rings. The number of amides is 1. The summed E-state index contributed by atoms with van der Waals surface area (Å²) >= 11 is 0. The minimum atomic E-state index is -0.0459. The predicted molar refractivity (Wildman–Crippen MR) is 88.6 cm³/mol. The van der Waals surface area contributed by atoms with Crippen LogP contribution in [-0.2, 0) is 16.0 Å². The fraction of sp³-hybridized carbons (Fsp3) is 0.611. The van der Waals surface area contributed by atoms with Crippen LogP contribution in [0, 0.1) is 5.92 Å². The third-order valence-corrected chi connectivity index (χ3v) is 4.84. The summed E-state index contributed by atoms with van der Waals surface area (Å²) in [7, 11) is 1.90. The second-order valence-electron chi connectivity index (χ2n) is 6.41. The number of aryl methyl sites for hydroxylation is 1. The van der Waals surface area contributed by atoms with Crippen LogP contribution in [0.15, 0.2) is 24.3 Å². The SMILES string of the molecule is CCc1ccccc1OCCN1C[C@@H]2COC[C@H](C1)N(C)C2=O. The van der Waals surface area contributed by atoms with Crippen LogP contribution in [0.2, 0.25) is 0 Å². The van der Waals surface area contributed by atoms with Gasteiger partial charge in [0, 0.05) is 26.7 Å². The Hall–Kier alpha value is -1.59. The first-order chi connectivity index (χ1) is 11.2. The fourth-order valence-corrected chi connectivity index (χ4v) is 3.39. The molecule has 0 N–H and O–H groups in total. The van der Waals surface area contributed by atoms with Crippen molar-refractivity contribution in [1.29, 1.82) is 0 Å². The molecule has 5 heteroatoms. The molecule has 2 heterocycles. The molecule has 2 saturated heterocycles. The van der Waals surface area contributed by atoms with Gasteiger partial charge in [-0.15, -0.1) is 0 Å². The van der Waals surface area contributed by atoms with Gasteiger partial charge in [-0.1, -0.05) is 25.1 Å². The van der Waals surface area contributed by atoms with Crippen molar-refractivity contribution in [3.8, 4) is 5.75 Å². The van der Waals surface area contributed by atoms with Crippen LogP contribution < -0.4 is 4.74 Å². The number of fused-ring (bicyclic) bond motifs is 3. The molecule has 5 nitrogen and oxygen atoms in total. The fourth-order valence-electron chi connectivity index (χ4n) is 3.39. The molecule has 2 aliphatic rings. The van der Waals surface area contributed by atoms with Crippen molar-refractivity contribution in [3.05, 3.63) is 29.8 Å². The third kappa shape index (κ3) is 3.67. The average molecular weight is 318 g/mol. The molecule has 0 spiro atoms. The summed E-state index contributed by atoms with van der Waals surface area (Å²) in [6, 6.07) is 8.34. The van der Waals surface area contributed by atoms with Gasteiger partial charge in [-0.3, -0.25) is 9.69 Å². The van der Waals surface area contributed by atoms with Gasteiger partial charge in [-0.2, -0.15) is 0 Å². The van der Waals surface area contributed by atoms with Crippen LogP contribution in [0.3, 0.4) is 0 Å². The molecule has 1 amide bonds. The lowest BCUT2D eigenvalue weighted by molar-refractivity contribution is -0.133. The van der Waals surface area contributed by atoms with Crippen molar-refractivity contribution in [2.24, 2.45) is 5.92 Å². The van der Waals surface area contributed by atoms with Crippen molar-refractivity contribution in [2.75, 3.05) is 46.5 Å². The van der Waals surface area contributed by atoms with E-state index in [-0.39, 0.29) is 17.9 Å². The highest BCUT2D eigenvalue weighted by atomic mass is 16.5. The number of likely N-dealkylation sites (N-methyl/N-ethyl adjacent to an activating group) is 1. The summed E-state index contributed by atoms with van der Waals surface area (Å²) in [5.41, 5.74) is 1.24. The molecule has 1 aromatic carbocycles. The molecule has 0 unspecified atom stereocenters. The van der Waals surface area contributed by atoms with Crippen molar-refractivity contribution < 1.29 is 14.3 Å². The smallest absolute Gasteiger partial charge is 0.229 e. The van der Waals surface area contributed by atoms with Crippen molar-refractivity contribution >= 4 is 5.91 Å². The lowest BCUT2D eigenvalue weighted by Crippen LogP contribution is -2.44. The normalized spacial score (nSPS) is 25.3. The number of carbonyl (C=O) groups is 1. The third-order valence-electron chi connectivity index (χ3n) is 4.84. The van der Waals surface area contributed by atoms with E-state index in [0.29, 0.717) is 19.8 Å². The van der Waals surface area contributed by atoms with Gasteiger partial charge in [0.15, 0.2) is 0 Å². The van der Waals surface area contributed by atoms with Crippen LogP contribution in [-0.4, -0.2) is 68.3 Å². The molecule has 2 atom stereocenters. The number of carbonyl (C=O) groups excluding carboxylic acids is 1. The summed E-state index contributed by atoms with van der Waals surface area (Å²) in [6.45, 7) is 6.42. The molecule has 0 aliphatic carbocycles. The molecule has 3 rings (SSSR count). The number of rotatable bonds is 5. The Labute approximate surface area is 138 Å². The monoisotopic (exact) mass is 318 g/mol. The number of benzene rings is 1. The summed E-state index contributed by atoms with van der Waals surface area (Å²) < 4.78 is 11.6. The molecular formula is C18H26N2O3. The Morgan fingerprint density at radius 1 is 1.26 bits per heavy atom. The van der Waals surface area contributed by atoms with Gasteiger partial charge in [0.2, 0.25) is 5.91 Å². The standard InChI is InChI=1S/C18H26N2O3/c1-3-14-6-4-5-7-17(14)23-9-8-20-10-15-12-22-13-16(11-20)19(2)18(15)21/h4-7,15-16H,3,8-13H2,1-2H3/t15-,16+/m1/s1. The topological polar surface area (TPSA) is 42.0 Å². The molecule has 23 heavy (non-hydrogen) atoms. The Kier molecular flexibility index (Phi) is 5.18. The highest BCUT2D eigenvalue weighted by Gasteiger charge is 2.36. The lowest BCUT2D eigenvalue weighted by atomic mass is 10.1. The van der Waals surface area contributed by atoms with Crippen LogP contribution >= 0.6 is 0 Å². The molecule has 126 valence electrons. The predicted octanol–water partition coefficient (Wildman–Crippen LogP) is 1.42. The molecule has 2 bridgehead atoms. The van der Waals surface area contributed by atoms with E-state index in [0.717, 1.165) is 31.8 Å². The Morgan fingerprint density at radius 3 is 2.91 bits per heavy atom. The van der Waals surface area contributed by atoms with Gasteiger partial charge in [0.25, 0.3) is 0 Å². The first-order valence-electron chi connectivity index (χ1n) is 8.46. The van der Waals surface area contributed by atoms with Crippen LogP contribution in [0.25, 0.3) is 0 Å². The van der Waals surface area contributed by atoms with E-state index in [9.17, 15) is 4.79 Å². The highest BCUT2D eigenvalue weighted by Crippen LogP contribution is 2.21. The van der Waals surface area contributed by atoms with Crippen molar-refractivity contribution in [2.45, 2.75) is 19.4 Å². The number of nitrogens with zero attached hydrogens (tertiary/aromatic N) is 2. The van der Waals surface area contributed by atoms with Crippen molar-refractivity contribution in [3.63, 3.8) is 0 Å². The van der Waals surface area contributed by atoms with E-state index in [4.69, 9.17) is 9.47 Å². The highest BCUT2D eigenvalue weighted by molar-refractivity contribution is 5.79. The zero-order valence-corrected chi connectivity index (χ0v) is 14.0. The largest absolute Gasteiger partial charge is 0.492 e. The molecular weight excluding hydrogens is 292 g/mol. The first kappa shape index (κ1) is 16.3. The molecule has 0 radical (unpaired) electrons. The van der Waals surface area contributed by atoms with Crippen molar-refractivity contribution in [1.82, 2.24) is 9.80 Å². The number of hydrogen-bond acceptors (Lipinski definition) is 4. The Balaban J connectivity index is 1.57. The first-order valence-corrected chi connectivity index (χ1v) is 8.46. The maximum Gasteiger partial charge on any atom is 0.229 e. The van der Waals surface area contributed by atoms with E-state index in [1.165, 1.54) is 5.56 Å². The second-order valence-corrected chi connectivity index (χ2v) is 6.41. The van der Waals surface area contributed by atoms with Gasteiger partial charge in [0.05, 0.1) is 25.2 Å². The number of ether oxygens (including phenoxy) is 2. The summed E-state index contributed by atoms with van der Waals surface area (Å²) in [6.07, 6.45) is 0.973. The average Bonchev–Trinajstić information content (AvgIpc) is 2.74. The van der Waals surface area contributed by atoms with Gasteiger partial charge >= 0.3 is 0 Å². The second kappa shape index (κ2) is 7.32. The minimum Gasteiger partial charge on any atom is -0.492 e. The van der Waals surface area contributed by atoms with E-state index < -0.39 is 0 Å². The zero-order valence-electron chi connectivity index (χ0n) is 14.0. The van der Waals surface area contributed by atoms with Gasteiger partial charge in [0.1, 0.15) is 12.4 Å². The molecule has 2 aliphatic heterocycles. The molecule has 1 aromatic rings. The number of para-hydroxylation sites is 1. The van der Waals surface area contributed by atoms with E-state index in [1.807, 2.05) is 30.1 Å². The quantitative estimate of drug-likeness (QED) is 0.823. The maximum absolute atomic E-state index is 12.3. The lowest BCUT2D eigenvalue weighted by Gasteiger charge is -2.29. The van der Waals surface area contributed by atoms with E-state index in [1.54, 1.807) is 0 Å². The van der Waals surface area contributed by atoms with Gasteiger partial charge in [-0.05, 0) is 18.1 Å². The Morgan fingerprint density at radius 2 is 2.09 bits per heavy atom. The minimum absolute atomic E-state index is 0.0459. The van der Waals surface area contributed by atoms with E-state index in [2.05, 4.69) is 17.9 Å². The molecule has 0 aromatic heterocycles. The van der Waals surface area contributed by atoms with Gasteiger partial charge < -0.3 is 14.4 Å².